The summed E-state index contributed by atoms with van der Waals surface area (Å²) in [5, 5.41) is 7.77. The Kier molecular flexibility index (Phi) is 4.41. The molecule has 2 aromatic carbocycles. The minimum absolute atomic E-state index is 0.0393. The van der Waals surface area contributed by atoms with Crippen molar-refractivity contribution < 1.29 is 17.2 Å². The van der Waals surface area contributed by atoms with Crippen LogP contribution < -0.4 is 4.72 Å². The Labute approximate surface area is 138 Å². The third-order valence-corrected chi connectivity index (χ3v) is 4.80. The quantitative estimate of drug-likeness (QED) is 0.767. The Morgan fingerprint density at radius 3 is 2.50 bits per heavy atom. The molecule has 3 aromatic rings. The largest absolute Gasteiger partial charge is 0.419 e. The van der Waals surface area contributed by atoms with Crippen molar-refractivity contribution in [3.05, 3.63) is 65.8 Å². The van der Waals surface area contributed by atoms with Crippen molar-refractivity contribution in [1.29, 1.82) is 0 Å². The molecule has 1 heterocycles. The van der Waals surface area contributed by atoms with Gasteiger partial charge in [-0.3, -0.25) is 0 Å². The van der Waals surface area contributed by atoms with Crippen molar-refractivity contribution in [3.8, 4) is 11.5 Å². The minimum atomic E-state index is -3.78. The highest BCUT2D eigenvalue weighted by Crippen LogP contribution is 2.21. The zero-order valence-corrected chi connectivity index (χ0v) is 13.5. The highest BCUT2D eigenvalue weighted by molar-refractivity contribution is 7.89. The summed E-state index contributed by atoms with van der Waals surface area (Å²) in [7, 11) is -3.78. The predicted molar refractivity (Wildman–Crippen MR) is 84.9 cm³/mol. The van der Waals surface area contributed by atoms with E-state index in [0.29, 0.717) is 5.89 Å². The average Bonchev–Trinajstić information content (AvgIpc) is 3.03. The summed E-state index contributed by atoms with van der Waals surface area (Å²) in [6.07, 6.45) is 0. The summed E-state index contributed by atoms with van der Waals surface area (Å²) >= 11 is 0. The molecule has 0 amide bonds. The van der Waals surface area contributed by atoms with Gasteiger partial charge in [0.05, 0.1) is 11.4 Å². The molecule has 0 aliphatic rings. The van der Waals surface area contributed by atoms with Crippen LogP contribution in [0.2, 0.25) is 0 Å². The van der Waals surface area contributed by atoms with Crippen LogP contribution in [-0.2, 0) is 16.6 Å². The number of hydrogen-bond donors (Lipinski definition) is 1. The van der Waals surface area contributed by atoms with Gasteiger partial charge in [-0.1, -0.05) is 18.2 Å². The van der Waals surface area contributed by atoms with Crippen LogP contribution in [0.5, 0.6) is 0 Å². The van der Waals surface area contributed by atoms with Crippen molar-refractivity contribution in [3.63, 3.8) is 0 Å². The Balaban J connectivity index is 1.74. The lowest BCUT2D eigenvalue weighted by Crippen LogP contribution is -2.23. The average molecular weight is 347 g/mol. The first-order valence-corrected chi connectivity index (χ1v) is 8.58. The zero-order chi connectivity index (χ0) is 17.2. The summed E-state index contributed by atoms with van der Waals surface area (Å²) in [4.78, 5) is -0.0393. The molecule has 0 radical (unpaired) electrons. The summed E-state index contributed by atoms with van der Waals surface area (Å²) in [5.41, 5.74) is 1.76. The van der Waals surface area contributed by atoms with E-state index >= 15 is 0 Å². The number of rotatable bonds is 5. The van der Waals surface area contributed by atoms with Crippen molar-refractivity contribution in [2.45, 2.75) is 18.4 Å². The van der Waals surface area contributed by atoms with Crippen LogP contribution in [-0.4, -0.2) is 18.6 Å². The lowest BCUT2D eigenvalue weighted by Gasteiger charge is -2.04. The molecule has 0 aliphatic heterocycles. The van der Waals surface area contributed by atoms with Crippen LogP contribution in [0.4, 0.5) is 4.39 Å². The van der Waals surface area contributed by atoms with Crippen LogP contribution in [0.15, 0.2) is 57.8 Å². The maximum absolute atomic E-state index is 12.9. The Bertz CT molecular complexity index is 953. The summed E-state index contributed by atoms with van der Waals surface area (Å²) in [6.45, 7) is 1.76. The number of benzene rings is 2. The summed E-state index contributed by atoms with van der Waals surface area (Å²) < 4.78 is 45.0. The monoisotopic (exact) mass is 347 g/mol. The Morgan fingerprint density at radius 1 is 1.08 bits per heavy atom. The van der Waals surface area contributed by atoms with Gasteiger partial charge in [-0.2, -0.15) is 0 Å². The molecule has 24 heavy (non-hydrogen) atoms. The van der Waals surface area contributed by atoms with Gasteiger partial charge < -0.3 is 4.42 Å². The SMILES string of the molecule is Cc1ccccc1-c1nnc(CNS(=O)(=O)c2ccc(F)cc2)o1. The van der Waals surface area contributed by atoms with Gasteiger partial charge in [-0.15, -0.1) is 10.2 Å². The van der Waals surface area contributed by atoms with Gasteiger partial charge in [0.25, 0.3) is 0 Å². The van der Waals surface area contributed by atoms with Crippen LogP contribution in [0.25, 0.3) is 11.5 Å². The fourth-order valence-electron chi connectivity index (χ4n) is 2.10. The molecule has 6 nitrogen and oxygen atoms in total. The van der Waals surface area contributed by atoms with Crippen LogP contribution >= 0.6 is 0 Å². The number of aryl methyl sites for hydroxylation is 1. The summed E-state index contributed by atoms with van der Waals surface area (Å²) in [5.74, 6) is -0.0447. The molecule has 124 valence electrons. The van der Waals surface area contributed by atoms with Crippen molar-refractivity contribution in [1.82, 2.24) is 14.9 Å². The molecule has 0 spiro atoms. The highest BCUT2D eigenvalue weighted by atomic mass is 32.2. The van der Waals surface area contributed by atoms with E-state index < -0.39 is 15.8 Å². The van der Waals surface area contributed by atoms with Crippen LogP contribution in [0.3, 0.4) is 0 Å². The van der Waals surface area contributed by atoms with E-state index in [1.807, 2.05) is 31.2 Å². The van der Waals surface area contributed by atoms with E-state index in [0.717, 1.165) is 23.3 Å². The second-order valence-corrected chi connectivity index (χ2v) is 6.86. The van der Waals surface area contributed by atoms with E-state index in [4.69, 9.17) is 4.42 Å². The first kappa shape index (κ1) is 16.3. The molecule has 0 aliphatic carbocycles. The van der Waals surface area contributed by atoms with Crippen molar-refractivity contribution in [2.75, 3.05) is 0 Å². The number of nitrogens with one attached hydrogen (secondary N) is 1. The van der Waals surface area contributed by atoms with E-state index in [-0.39, 0.29) is 17.3 Å². The second-order valence-electron chi connectivity index (χ2n) is 5.09. The highest BCUT2D eigenvalue weighted by Gasteiger charge is 2.16. The van der Waals surface area contributed by atoms with Gasteiger partial charge in [0, 0.05) is 5.56 Å². The minimum Gasteiger partial charge on any atom is -0.419 e. The first-order chi connectivity index (χ1) is 11.5. The van der Waals surface area contributed by atoms with Gasteiger partial charge in [-0.25, -0.2) is 17.5 Å². The molecular weight excluding hydrogens is 333 g/mol. The maximum Gasteiger partial charge on any atom is 0.248 e. The Morgan fingerprint density at radius 2 is 1.79 bits per heavy atom. The first-order valence-electron chi connectivity index (χ1n) is 7.09. The molecule has 3 rings (SSSR count). The van der Waals surface area contributed by atoms with Gasteiger partial charge in [0.15, 0.2) is 0 Å². The predicted octanol–water partition coefficient (Wildman–Crippen LogP) is 2.66. The smallest absolute Gasteiger partial charge is 0.248 e. The normalized spacial score (nSPS) is 11.6. The maximum atomic E-state index is 12.9. The molecule has 0 atom stereocenters. The molecule has 0 fully saturated rings. The zero-order valence-electron chi connectivity index (χ0n) is 12.7. The number of aromatic nitrogens is 2. The number of sulfonamides is 1. The van der Waals surface area contributed by atoms with Gasteiger partial charge in [-0.05, 0) is 42.8 Å². The molecule has 1 aromatic heterocycles. The van der Waals surface area contributed by atoms with Gasteiger partial charge in [0.2, 0.25) is 21.8 Å². The van der Waals surface area contributed by atoms with E-state index in [1.165, 1.54) is 12.1 Å². The number of nitrogens with zero attached hydrogens (tertiary/aromatic N) is 2. The third kappa shape index (κ3) is 3.50. The van der Waals surface area contributed by atoms with Crippen molar-refractivity contribution >= 4 is 10.0 Å². The lowest BCUT2D eigenvalue weighted by atomic mass is 10.1. The molecule has 0 bridgehead atoms. The van der Waals surface area contributed by atoms with E-state index in [1.54, 1.807) is 0 Å². The van der Waals surface area contributed by atoms with Crippen molar-refractivity contribution in [2.24, 2.45) is 0 Å². The molecule has 0 saturated heterocycles. The van der Waals surface area contributed by atoms with Crippen LogP contribution in [0.1, 0.15) is 11.5 Å². The molecule has 0 saturated carbocycles. The lowest BCUT2D eigenvalue weighted by molar-refractivity contribution is 0.494. The molecular formula is C16H14FN3O3S. The fourth-order valence-corrected chi connectivity index (χ4v) is 3.08. The van der Waals surface area contributed by atoms with Gasteiger partial charge in [0.1, 0.15) is 5.82 Å². The Hall–Kier alpha value is -2.58. The van der Waals surface area contributed by atoms with Gasteiger partial charge >= 0.3 is 0 Å². The topological polar surface area (TPSA) is 85.1 Å². The standard InChI is InChI=1S/C16H14FN3O3S/c1-11-4-2-3-5-14(11)16-20-19-15(23-16)10-18-24(21,22)13-8-6-12(17)7-9-13/h2-9,18H,10H2,1H3. The van der Waals surface area contributed by atoms with Crippen LogP contribution in [0, 0.1) is 12.7 Å². The van der Waals surface area contributed by atoms with E-state index in [2.05, 4.69) is 14.9 Å². The molecule has 8 heteroatoms. The fraction of sp³-hybridized carbons (Fsp3) is 0.125. The number of halogens is 1. The molecule has 1 N–H and O–H groups in total. The van der Waals surface area contributed by atoms with E-state index in [9.17, 15) is 12.8 Å². The second kappa shape index (κ2) is 6.50. The number of hydrogen-bond acceptors (Lipinski definition) is 5. The molecule has 0 unspecified atom stereocenters. The summed E-state index contributed by atoms with van der Waals surface area (Å²) in [6, 6.07) is 12.0. The third-order valence-electron chi connectivity index (χ3n) is 3.38.